The Hall–Kier alpha value is -2.16. The van der Waals surface area contributed by atoms with Gasteiger partial charge in [0.15, 0.2) is 0 Å². The number of nitrogens with one attached hydrogen (secondary N) is 2. The smallest absolute Gasteiger partial charge is 0.323 e. The first kappa shape index (κ1) is 13.3. The maximum atomic E-state index is 11.8. The largest absolute Gasteiger partial charge is 0.464 e. The molecule has 104 valence electrons. The molecule has 2 heterocycles. The van der Waals surface area contributed by atoms with E-state index in [-0.39, 0.29) is 29.9 Å². The summed E-state index contributed by atoms with van der Waals surface area (Å²) in [5, 5.41) is 2.97. The first-order chi connectivity index (χ1) is 9.13. The van der Waals surface area contributed by atoms with Crippen LogP contribution in [0.15, 0.2) is 0 Å². The quantitative estimate of drug-likeness (QED) is 0.468. The minimum Gasteiger partial charge on any atom is -0.464 e. The predicted octanol–water partition coefficient (Wildman–Crippen LogP) is -0.801. The Labute approximate surface area is 110 Å². The van der Waals surface area contributed by atoms with Crippen LogP contribution in [0.4, 0.5) is 11.9 Å². The van der Waals surface area contributed by atoms with Gasteiger partial charge in [0.05, 0.1) is 6.61 Å². The lowest BCUT2D eigenvalue weighted by atomic mass is 10.2. The van der Waals surface area contributed by atoms with Gasteiger partial charge in [-0.05, 0) is 13.3 Å². The van der Waals surface area contributed by atoms with E-state index in [0.29, 0.717) is 19.6 Å². The minimum atomic E-state index is -0.326. The second-order valence-corrected chi connectivity index (χ2v) is 4.09. The number of ether oxygens (including phenoxy) is 1. The van der Waals surface area contributed by atoms with Gasteiger partial charge in [-0.15, -0.1) is 0 Å². The van der Waals surface area contributed by atoms with Gasteiger partial charge in [-0.1, -0.05) is 0 Å². The molecule has 9 nitrogen and oxygen atoms in total. The number of carbonyl (C=O) groups is 1. The molecule has 0 aromatic carbocycles. The summed E-state index contributed by atoms with van der Waals surface area (Å²) in [5.74, 6) is 5.74. The zero-order valence-corrected chi connectivity index (χ0v) is 10.9. The Morgan fingerprint density at radius 1 is 1.42 bits per heavy atom. The molecule has 0 saturated carbocycles. The molecule has 1 fully saturated rings. The van der Waals surface area contributed by atoms with Gasteiger partial charge in [-0.25, -0.2) is 5.84 Å². The van der Waals surface area contributed by atoms with Crippen molar-refractivity contribution in [2.24, 2.45) is 5.84 Å². The van der Waals surface area contributed by atoms with Crippen molar-refractivity contribution in [1.82, 2.24) is 19.9 Å². The maximum Gasteiger partial charge on any atom is 0.323 e. The van der Waals surface area contributed by atoms with E-state index >= 15 is 0 Å². The zero-order chi connectivity index (χ0) is 13.8. The summed E-state index contributed by atoms with van der Waals surface area (Å²) < 4.78 is 5.21. The zero-order valence-electron chi connectivity index (χ0n) is 10.9. The van der Waals surface area contributed by atoms with Crippen LogP contribution in [-0.4, -0.2) is 52.0 Å². The number of rotatable bonds is 5. The summed E-state index contributed by atoms with van der Waals surface area (Å²) >= 11 is 0. The SMILES string of the molecule is CCOc1nc(NN)nc(NC2CCN(C)C2=O)n1. The topological polar surface area (TPSA) is 118 Å². The van der Waals surface area contributed by atoms with E-state index < -0.39 is 0 Å². The van der Waals surface area contributed by atoms with Gasteiger partial charge in [0, 0.05) is 13.6 Å². The second kappa shape index (κ2) is 5.65. The van der Waals surface area contributed by atoms with Gasteiger partial charge in [-0.2, -0.15) is 15.0 Å². The first-order valence-electron chi connectivity index (χ1n) is 6.01. The van der Waals surface area contributed by atoms with Crippen molar-refractivity contribution < 1.29 is 9.53 Å². The Morgan fingerprint density at radius 3 is 2.74 bits per heavy atom. The summed E-state index contributed by atoms with van der Waals surface area (Å²) in [6.45, 7) is 2.96. The van der Waals surface area contributed by atoms with Crippen molar-refractivity contribution in [1.29, 1.82) is 0 Å². The number of nitrogens with zero attached hydrogens (tertiary/aromatic N) is 4. The van der Waals surface area contributed by atoms with E-state index in [2.05, 4.69) is 25.7 Å². The van der Waals surface area contributed by atoms with E-state index in [1.807, 2.05) is 6.92 Å². The highest BCUT2D eigenvalue weighted by molar-refractivity contribution is 5.86. The van der Waals surface area contributed by atoms with Crippen molar-refractivity contribution in [2.45, 2.75) is 19.4 Å². The van der Waals surface area contributed by atoms with Gasteiger partial charge in [-0.3, -0.25) is 10.2 Å². The Bertz CT molecular complexity index is 467. The van der Waals surface area contributed by atoms with Crippen molar-refractivity contribution >= 4 is 17.8 Å². The van der Waals surface area contributed by atoms with Crippen LogP contribution in [-0.2, 0) is 4.79 Å². The summed E-state index contributed by atoms with van der Waals surface area (Å²) in [7, 11) is 1.76. The fourth-order valence-corrected chi connectivity index (χ4v) is 1.79. The Balaban J connectivity index is 2.15. The lowest BCUT2D eigenvalue weighted by Gasteiger charge is -2.13. The predicted molar refractivity (Wildman–Crippen MR) is 68.5 cm³/mol. The summed E-state index contributed by atoms with van der Waals surface area (Å²) in [5.41, 5.74) is 2.33. The van der Waals surface area contributed by atoms with E-state index in [9.17, 15) is 4.79 Å². The Morgan fingerprint density at radius 2 is 2.16 bits per heavy atom. The first-order valence-corrected chi connectivity index (χ1v) is 6.01. The van der Waals surface area contributed by atoms with Crippen LogP contribution in [0.3, 0.4) is 0 Å². The number of anilines is 2. The third-order valence-electron chi connectivity index (χ3n) is 2.75. The summed E-state index contributed by atoms with van der Waals surface area (Å²) in [6, 6.07) is -0.167. The van der Waals surface area contributed by atoms with E-state index in [0.717, 1.165) is 0 Å². The van der Waals surface area contributed by atoms with Crippen LogP contribution in [0.1, 0.15) is 13.3 Å². The molecule has 1 unspecified atom stereocenters. The molecule has 1 atom stereocenters. The van der Waals surface area contributed by atoms with E-state index in [1.165, 1.54) is 0 Å². The fourth-order valence-electron chi connectivity index (χ4n) is 1.79. The standard InChI is InChI=1S/C10H17N7O2/c1-3-19-10-14-8(13-9(15-10)16-11)12-6-4-5-17(2)7(6)18/h6H,3-5,11H2,1-2H3,(H2,12,13,14,15,16). The molecule has 2 rings (SSSR count). The highest BCUT2D eigenvalue weighted by Gasteiger charge is 2.29. The number of hydrogen-bond donors (Lipinski definition) is 3. The number of nitrogen functional groups attached to an aromatic ring is 1. The number of likely N-dealkylation sites (N-methyl/N-ethyl adjacent to an activating group) is 1. The van der Waals surface area contributed by atoms with Crippen molar-refractivity contribution in [3.63, 3.8) is 0 Å². The van der Waals surface area contributed by atoms with Gasteiger partial charge >= 0.3 is 6.01 Å². The molecule has 0 bridgehead atoms. The van der Waals surface area contributed by atoms with Crippen LogP contribution in [0.2, 0.25) is 0 Å². The molecule has 1 aromatic rings. The molecule has 9 heteroatoms. The van der Waals surface area contributed by atoms with Crippen LogP contribution in [0.25, 0.3) is 0 Å². The lowest BCUT2D eigenvalue weighted by molar-refractivity contribution is -0.127. The molecule has 0 aliphatic carbocycles. The molecule has 1 aliphatic rings. The molecular weight excluding hydrogens is 250 g/mol. The van der Waals surface area contributed by atoms with E-state index in [4.69, 9.17) is 10.6 Å². The number of hydrazine groups is 1. The molecule has 1 aromatic heterocycles. The van der Waals surface area contributed by atoms with Crippen LogP contribution in [0.5, 0.6) is 6.01 Å². The molecule has 1 aliphatic heterocycles. The number of hydrogen-bond acceptors (Lipinski definition) is 8. The molecule has 4 N–H and O–H groups in total. The van der Waals surface area contributed by atoms with Crippen LogP contribution < -0.4 is 21.3 Å². The van der Waals surface area contributed by atoms with Crippen molar-refractivity contribution in [3.05, 3.63) is 0 Å². The van der Waals surface area contributed by atoms with Crippen molar-refractivity contribution in [2.75, 3.05) is 30.9 Å². The molecule has 0 radical (unpaired) electrons. The number of amides is 1. The average molecular weight is 267 g/mol. The number of likely N-dealkylation sites (tertiary alicyclic amines) is 1. The van der Waals surface area contributed by atoms with Crippen molar-refractivity contribution in [3.8, 4) is 6.01 Å². The molecule has 19 heavy (non-hydrogen) atoms. The third kappa shape index (κ3) is 2.99. The second-order valence-electron chi connectivity index (χ2n) is 4.09. The lowest BCUT2D eigenvalue weighted by Crippen LogP contribution is -2.31. The monoisotopic (exact) mass is 267 g/mol. The average Bonchev–Trinajstić information content (AvgIpc) is 2.71. The van der Waals surface area contributed by atoms with Gasteiger partial charge < -0.3 is 15.0 Å². The van der Waals surface area contributed by atoms with Gasteiger partial charge in [0.25, 0.3) is 0 Å². The summed E-state index contributed by atoms with van der Waals surface area (Å²) in [6.07, 6.45) is 0.705. The highest BCUT2D eigenvalue weighted by Crippen LogP contribution is 2.16. The van der Waals surface area contributed by atoms with E-state index in [1.54, 1.807) is 11.9 Å². The van der Waals surface area contributed by atoms with Crippen LogP contribution >= 0.6 is 0 Å². The molecule has 1 saturated heterocycles. The molecule has 1 amide bonds. The summed E-state index contributed by atoms with van der Waals surface area (Å²) in [4.78, 5) is 25.5. The Kier molecular flexibility index (Phi) is 3.95. The van der Waals surface area contributed by atoms with Crippen LogP contribution in [0, 0.1) is 0 Å². The number of aromatic nitrogens is 3. The minimum absolute atomic E-state index is 0.0145. The molecular formula is C10H17N7O2. The third-order valence-corrected chi connectivity index (χ3v) is 2.75. The fraction of sp³-hybridized carbons (Fsp3) is 0.600. The highest BCUT2D eigenvalue weighted by atomic mass is 16.5. The number of nitrogens with two attached hydrogens (primary N) is 1. The maximum absolute atomic E-state index is 11.8. The normalized spacial score (nSPS) is 18.6. The van der Waals surface area contributed by atoms with Gasteiger partial charge in [0.1, 0.15) is 6.04 Å². The van der Waals surface area contributed by atoms with Gasteiger partial charge in [0.2, 0.25) is 17.8 Å². The molecule has 0 spiro atoms. The number of carbonyl (C=O) groups excluding carboxylic acids is 1.